The summed E-state index contributed by atoms with van der Waals surface area (Å²) in [5.74, 6) is 1.15. The van der Waals surface area contributed by atoms with Gasteiger partial charge in [-0.05, 0) is 70.1 Å². The minimum absolute atomic E-state index is 0.205. The molecular weight excluding hydrogens is 364 g/mol. The van der Waals surface area contributed by atoms with Crippen LogP contribution in [0.25, 0.3) is 0 Å². The Labute approximate surface area is 173 Å². The van der Waals surface area contributed by atoms with Crippen molar-refractivity contribution >= 4 is 23.2 Å². The highest BCUT2D eigenvalue weighted by Crippen LogP contribution is 2.24. The second-order valence-corrected chi connectivity index (χ2v) is 8.05. The van der Waals surface area contributed by atoms with E-state index in [0.29, 0.717) is 11.5 Å². The average molecular weight is 397 g/mol. The Morgan fingerprint density at radius 1 is 1.14 bits per heavy atom. The molecule has 0 atom stereocenters. The molecule has 7 heteroatoms. The number of hydrogen-bond donors (Lipinski definition) is 2. The molecule has 1 aromatic heterocycles. The number of piperidine rings is 1. The zero-order chi connectivity index (χ0) is 20.6. The smallest absolute Gasteiger partial charge is 0.258 e. The van der Waals surface area contributed by atoms with Crippen molar-refractivity contribution in [2.75, 3.05) is 55.8 Å². The lowest BCUT2D eigenvalue weighted by Gasteiger charge is -2.32. The molecule has 1 saturated heterocycles. The SMILES string of the molecule is CC1CCN(c2ccc(NC(=O)c3cnc(NCCCN(C)C)nc3)cc2)CC1. The first-order valence-electron chi connectivity index (χ1n) is 10.4. The second kappa shape index (κ2) is 10.2. The molecule has 29 heavy (non-hydrogen) atoms. The van der Waals surface area contributed by atoms with Crippen molar-refractivity contribution in [1.29, 1.82) is 0 Å². The molecule has 0 spiro atoms. The van der Waals surface area contributed by atoms with E-state index >= 15 is 0 Å². The molecule has 156 valence electrons. The van der Waals surface area contributed by atoms with E-state index in [0.717, 1.165) is 44.2 Å². The molecule has 0 saturated carbocycles. The van der Waals surface area contributed by atoms with Crippen LogP contribution >= 0.6 is 0 Å². The highest BCUT2D eigenvalue weighted by atomic mass is 16.1. The van der Waals surface area contributed by atoms with Crippen molar-refractivity contribution in [3.8, 4) is 0 Å². The topological polar surface area (TPSA) is 73.4 Å². The van der Waals surface area contributed by atoms with Crippen molar-refractivity contribution in [2.24, 2.45) is 5.92 Å². The van der Waals surface area contributed by atoms with Crippen LogP contribution in [0.3, 0.4) is 0 Å². The largest absolute Gasteiger partial charge is 0.372 e. The minimum Gasteiger partial charge on any atom is -0.372 e. The van der Waals surface area contributed by atoms with E-state index < -0.39 is 0 Å². The lowest BCUT2D eigenvalue weighted by molar-refractivity contribution is 0.102. The van der Waals surface area contributed by atoms with Gasteiger partial charge in [0.05, 0.1) is 5.56 Å². The standard InChI is InChI=1S/C22H32N6O/c1-17-9-13-28(14-10-17)20-7-5-19(6-8-20)26-21(29)18-15-24-22(25-16-18)23-11-4-12-27(2)3/h5-8,15-17H,4,9-14H2,1-3H3,(H,26,29)(H,23,24,25). The van der Waals surface area contributed by atoms with Crippen molar-refractivity contribution in [3.05, 3.63) is 42.2 Å². The number of nitrogens with zero attached hydrogens (tertiary/aromatic N) is 4. The highest BCUT2D eigenvalue weighted by molar-refractivity contribution is 6.03. The minimum atomic E-state index is -0.205. The summed E-state index contributed by atoms with van der Waals surface area (Å²) >= 11 is 0. The zero-order valence-electron chi connectivity index (χ0n) is 17.7. The lowest BCUT2D eigenvalue weighted by Crippen LogP contribution is -2.32. The number of carbonyl (C=O) groups is 1. The summed E-state index contributed by atoms with van der Waals surface area (Å²) in [4.78, 5) is 25.5. The molecule has 0 bridgehead atoms. The Kier molecular flexibility index (Phi) is 7.41. The Morgan fingerprint density at radius 2 is 1.79 bits per heavy atom. The Balaban J connectivity index is 1.49. The van der Waals surface area contributed by atoms with E-state index in [1.54, 1.807) is 12.4 Å². The van der Waals surface area contributed by atoms with E-state index in [4.69, 9.17) is 0 Å². The summed E-state index contributed by atoms with van der Waals surface area (Å²) in [6.45, 7) is 6.31. The van der Waals surface area contributed by atoms with Gasteiger partial charge in [0.15, 0.2) is 0 Å². The number of nitrogens with one attached hydrogen (secondary N) is 2. The highest BCUT2D eigenvalue weighted by Gasteiger charge is 2.16. The van der Waals surface area contributed by atoms with Crippen LogP contribution in [0.1, 0.15) is 36.5 Å². The number of carbonyl (C=O) groups excluding carboxylic acids is 1. The molecular formula is C22H32N6O. The lowest BCUT2D eigenvalue weighted by atomic mass is 9.99. The van der Waals surface area contributed by atoms with Gasteiger partial charge in [0, 0.05) is 43.4 Å². The van der Waals surface area contributed by atoms with Crippen LogP contribution < -0.4 is 15.5 Å². The fraction of sp³-hybridized carbons (Fsp3) is 0.500. The predicted octanol–water partition coefficient (Wildman–Crippen LogP) is 3.33. The Hall–Kier alpha value is -2.67. The molecule has 1 fully saturated rings. The third-order valence-corrected chi connectivity index (χ3v) is 5.25. The quantitative estimate of drug-likeness (QED) is 0.667. The fourth-order valence-corrected chi connectivity index (χ4v) is 3.36. The Morgan fingerprint density at radius 3 is 2.41 bits per heavy atom. The van der Waals surface area contributed by atoms with Crippen LogP contribution in [0.4, 0.5) is 17.3 Å². The van der Waals surface area contributed by atoms with E-state index in [9.17, 15) is 4.79 Å². The van der Waals surface area contributed by atoms with Crippen LogP contribution in [0.5, 0.6) is 0 Å². The Bertz CT molecular complexity index is 767. The van der Waals surface area contributed by atoms with Gasteiger partial charge in [0.25, 0.3) is 5.91 Å². The molecule has 1 aliphatic heterocycles. The van der Waals surface area contributed by atoms with Crippen molar-refractivity contribution in [1.82, 2.24) is 14.9 Å². The maximum atomic E-state index is 12.5. The molecule has 2 N–H and O–H groups in total. The first-order chi connectivity index (χ1) is 14.0. The van der Waals surface area contributed by atoms with E-state index in [-0.39, 0.29) is 5.91 Å². The summed E-state index contributed by atoms with van der Waals surface area (Å²) in [5.41, 5.74) is 2.43. The average Bonchev–Trinajstić information content (AvgIpc) is 2.73. The van der Waals surface area contributed by atoms with Crippen LogP contribution in [-0.2, 0) is 0 Å². The van der Waals surface area contributed by atoms with Crippen molar-refractivity contribution < 1.29 is 4.79 Å². The third kappa shape index (κ3) is 6.42. The molecule has 2 aromatic rings. The molecule has 0 radical (unpaired) electrons. The summed E-state index contributed by atoms with van der Waals surface area (Å²) in [6, 6.07) is 8.05. The van der Waals surface area contributed by atoms with Crippen LogP contribution in [0.2, 0.25) is 0 Å². The number of benzene rings is 1. The first kappa shape index (κ1) is 21.0. The van der Waals surface area contributed by atoms with E-state index in [1.807, 2.05) is 26.2 Å². The summed E-state index contributed by atoms with van der Waals surface area (Å²) in [5, 5.41) is 6.09. The number of rotatable bonds is 8. The second-order valence-electron chi connectivity index (χ2n) is 8.05. The van der Waals surface area contributed by atoms with Gasteiger partial charge in [-0.1, -0.05) is 6.92 Å². The predicted molar refractivity (Wildman–Crippen MR) is 119 cm³/mol. The molecule has 0 aliphatic carbocycles. The van der Waals surface area contributed by atoms with Gasteiger partial charge in [-0.2, -0.15) is 0 Å². The van der Waals surface area contributed by atoms with Crippen LogP contribution in [0, 0.1) is 5.92 Å². The molecule has 7 nitrogen and oxygen atoms in total. The maximum absolute atomic E-state index is 12.5. The maximum Gasteiger partial charge on any atom is 0.258 e. The first-order valence-corrected chi connectivity index (χ1v) is 10.4. The van der Waals surface area contributed by atoms with Gasteiger partial charge in [-0.15, -0.1) is 0 Å². The molecule has 3 rings (SSSR count). The molecule has 0 unspecified atom stereocenters. The fourth-order valence-electron chi connectivity index (χ4n) is 3.36. The van der Waals surface area contributed by atoms with Crippen molar-refractivity contribution in [3.63, 3.8) is 0 Å². The van der Waals surface area contributed by atoms with Gasteiger partial charge in [0.2, 0.25) is 5.95 Å². The van der Waals surface area contributed by atoms with Gasteiger partial charge in [-0.25, -0.2) is 9.97 Å². The van der Waals surface area contributed by atoms with Gasteiger partial charge >= 0.3 is 0 Å². The van der Waals surface area contributed by atoms with Crippen LogP contribution in [-0.4, -0.2) is 61.0 Å². The van der Waals surface area contributed by atoms with Crippen molar-refractivity contribution in [2.45, 2.75) is 26.2 Å². The molecule has 1 aliphatic rings. The van der Waals surface area contributed by atoms with E-state index in [2.05, 4.69) is 49.5 Å². The summed E-state index contributed by atoms with van der Waals surface area (Å²) in [7, 11) is 4.09. The number of hydrogen-bond acceptors (Lipinski definition) is 6. The number of aromatic nitrogens is 2. The summed E-state index contributed by atoms with van der Waals surface area (Å²) in [6.07, 6.45) is 6.59. The molecule has 1 amide bonds. The number of anilines is 3. The number of amides is 1. The molecule has 1 aromatic carbocycles. The monoisotopic (exact) mass is 396 g/mol. The zero-order valence-corrected chi connectivity index (χ0v) is 17.7. The van der Waals surface area contributed by atoms with Gasteiger partial charge in [-0.3, -0.25) is 4.79 Å². The van der Waals surface area contributed by atoms with Gasteiger partial charge < -0.3 is 20.4 Å². The molecule has 2 heterocycles. The van der Waals surface area contributed by atoms with Crippen LogP contribution in [0.15, 0.2) is 36.7 Å². The van der Waals surface area contributed by atoms with Gasteiger partial charge in [0.1, 0.15) is 0 Å². The normalized spacial score (nSPS) is 14.8. The summed E-state index contributed by atoms with van der Waals surface area (Å²) < 4.78 is 0. The van der Waals surface area contributed by atoms with E-state index in [1.165, 1.54) is 18.5 Å². The third-order valence-electron chi connectivity index (χ3n) is 5.25.